The lowest BCUT2D eigenvalue weighted by Crippen LogP contribution is -2.47. The zero-order chi connectivity index (χ0) is 16.1. The van der Waals surface area contributed by atoms with Crippen LogP contribution < -0.4 is 0 Å². The molecule has 0 amide bonds. The highest BCUT2D eigenvalue weighted by atomic mass is 16.3. The highest BCUT2D eigenvalue weighted by Crippen LogP contribution is 2.33. The molecular weight excluding hydrogens is 286 g/mol. The van der Waals surface area contributed by atoms with Crippen LogP contribution >= 0.6 is 0 Å². The molecule has 1 fully saturated rings. The second-order valence-electron chi connectivity index (χ2n) is 6.87. The van der Waals surface area contributed by atoms with Gasteiger partial charge >= 0.3 is 0 Å². The molecular formula is C19H27N3O. The minimum absolute atomic E-state index is 0.00356. The summed E-state index contributed by atoms with van der Waals surface area (Å²) in [5, 5.41) is 10.1. The molecule has 1 saturated heterocycles. The van der Waals surface area contributed by atoms with Crippen molar-refractivity contribution in [3.63, 3.8) is 0 Å². The number of nitrogens with zero attached hydrogens (tertiary/aromatic N) is 3. The Bertz CT molecular complexity index is 610. The van der Waals surface area contributed by atoms with Gasteiger partial charge in [0.05, 0.1) is 6.61 Å². The van der Waals surface area contributed by atoms with Crippen LogP contribution in [0, 0.1) is 12.3 Å². The van der Waals surface area contributed by atoms with Gasteiger partial charge in [0.1, 0.15) is 5.82 Å². The third-order valence-electron chi connectivity index (χ3n) is 5.08. The predicted octanol–water partition coefficient (Wildman–Crippen LogP) is 2.51. The summed E-state index contributed by atoms with van der Waals surface area (Å²) in [5.74, 6) is 1.07. The predicted molar refractivity (Wildman–Crippen MR) is 92.3 cm³/mol. The van der Waals surface area contributed by atoms with Crippen LogP contribution in [0.15, 0.2) is 42.7 Å². The van der Waals surface area contributed by atoms with E-state index in [1.807, 2.05) is 19.3 Å². The molecule has 4 nitrogen and oxygen atoms in total. The number of aromatic nitrogens is 2. The number of aliphatic hydroxyl groups is 1. The van der Waals surface area contributed by atoms with E-state index in [0.717, 1.165) is 51.3 Å². The van der Waals surface area contributed by atoms with Gasteiger partial charge in [-0.05, 0) is 38.3 Å². The molecule has 0 radical (unpaired) electrons. The molecule has 1 unspecified atom stereocenters. The first-order valence-corrected chi connectivity index (χ1v) is 8.56. The average molecular weight is 313 g/mol. The minimum Gasteiger partial charge on any atom is -0.396 e. The molecule has 1 aromatic carbocycles. The molecule has 1 N–H and O–H groups in total. The third kappa shape index (κ3) is 4.01. The van der Waals surface area contributed by atoms with Gasteiger partial charge in [-0.2, -0.15) is 0 Å². The van der Waals surface area contributed by atoms with Crippen molar-refractivity contribution in [1.82, 2.24) is 14.5 Å². The number of aryl methyl sites for hydroxylation is 1. The van der Waals surface area contributed by atoms with Crippen molar-refractivity contribution in [2.75, 3.05) is 26.2 Å². The molecule has 1 aromatic heterocycles. The Labute approximate surface area is 138 Å². The molecule has 3 rings (SSSR count). The molecule has 0 spiro atoms. The number of aliphatic hydroxyl groups excluding tert-OH is 1. The lowest BCUT2D eigenvalue weighted by Gasteiger charge is -2.42. The maximum Gasteiger partial charge on any atom is 0.105 e. The Kier molecular flexibility index (Phi) is 5.13. The van der Waals surface area contributed by atoms with E-state index in [4.69, 9.17) is 0 Å². The quantitative estimate of drug-likeness (QED) is 0.891. The van der Waals surface area contributed by atoms with Gasteiger partial charge in [0.25, 0.3) is 0 Å². The summed E-state index contributed by atoms with van der Waals surface area (Å²) >= 11 is 0. The van der Waals surface area contributed by atoms with Crippen LogP contribution in [-0.4, -0.2) is 45.8 Å². The largest absolute Gasteiger partial charge is 0.396 e. The van der Waals surface area contributed by atoms with Crippen molar-refractivity contribution in [1.29, 1.82) is 0 Å². The van der Waals surface area contributed by atoms with Crippen LogP contribution in [0.4, 0.5) is 0 Å². The first kappa shape index (κ1) is 16.2. The molecule has 2 heterocycles. The fourth-order valence-electron chi connectivity index (χ4n) is 3.75. The minimum atomic E-state index is 0.00356. The van der Waals surface area contributed by atoms with Crippen molar-refractivity contribution in [3.8, 4) is 0 Å². The van der Waals surface area contributed by atoms with Crippen LogP contribution in [0.25, 0.3) is 0 Å². The van der Waals surface area contributed by atoms with Gasteiger partial charge in [0, 0.05) is 37.4 Å². The Morgan fingerprint density at radius 3 is 2.74 bits per heavy atom. The highest BCUT2D eigenvalue weighted by Gasteiger charge is 2.34. The highest BCUT2D eigenvalue weighted by molar-refractivity contribution is 5.17. The summed E-state index contributed by atoms with van der Waals surface area (Å²) in [7, 11) is 0. The maximum atomic E-state index is 10.1. The zero-order valence-electron chi connectivity index (χ0n) is 14.0. The van der Waals surface area contributed by atoms with Gasteiger partial charge in [-0.3, -0.25) is 0 Å². The van der Waals surface area contributed by atoms with E-state index in [1.54, 1.807) is 0 Å². The normalized spacial score (nSPS) is 22.3. The van der Waals surface area contributed by atoms with Gasteiger partial charge < -0.3 is 14.6 Å². The van der Waals surface area contributed by atoms with Crippen LogP contribution in [-0.2, 0) is 13.0 Å². The number of piperidine rings is 1. The van der Waals surface area contributed by atoms with E-state index in [1.165, 1.54) is 5.56 Å². The number of imidazole rings is 1. The summed E-state index contributed by atoms with van der Waals surface area (Å²) in [6.45, 7) is 6.41. The van der Waals surface area contributed by atoms with E-state index >= 15 is 0 Å². The zero-order valence-corrected chi connectivity index (χ0v) is 14.0. The Morgan fingerprint density at radius 2 is 2.04 bits per heavy atom. The van der Waals surface area contributed by atoms with Crippen LogP contribution in [0.5, 0.6) is 0 Å². The fourth-order valence-corrected chi connectivity index (χ4v) is 3.75. The lowest BCUT2D eigenvalue weighted by molar-refractivity contribution is 0.0309. The summed E-state index contributed by atoms with van der Waals surface area (Å²) in [4.78, 5) is 6.79. The lowest BCUT2D eigenvalue weighted by atomic mass is 9.76. The van der Waals surface area contributed by atoms with Crippen LogP contribution in [0.3, 0.4) is 0 Å². The monoisotopic (exact) mass is 313 g/mol. The van der Waals surface area contributed by atoms with E-state index in [9.17, 15) is 5.11 Å². The van der Waals surface area contributed by atoms with E-state index in [0.29, 0.717) is 0 Å². The van der Waals surface area contributed by atoms with Gasteiger partial charge in [-0.25, -0.2) is 4.98 Å². The second-order valence-corrected chi connectivity index (χ2v) is 6.87. The average Bonchev–Trinajstić information content (AvgIpc) is 2.99. The van der Waals surface area contributed by atoms with Crippen molar-refractivity contribution in [3.05, 3.63) is 54.1 Å². The first-order chi connectivity index (χ1) is 11.2. The molecule has 23 heavy (non-hydrogen) atoms. The molecule has 1 aliphatic rings. The van der Waals surface area contributed by atoms with E-state index < -0.39 is 0 Å². The molecule has 1 atom stereocenters. The van der Waals surface area contributed by atoms with Crippen LogP contribution in [0.2, 0.25) is 0 Å². The van der Waals surface area contributed by atoms with Crippen molar-refractivity contribution in [2.24, 2.45) is 5.41 Å². The van der Waals surface area contributed by atoms with Gasteiger partial charge in [0.2, 0.25) is 0 Å². The number of benzene rings is 1. The molecule has 0 bridgehead atoms. The number of hydrogen-bond donors (Lipinski definition) is 1. The summed E-state index contributed by atoms with van der Waals surface area (Å²) in [6, 6.07) is 10.6. The standard InChI is InChI=1S/C19H27N3O/c1-17-20-9-11-22(17)13-12-21-10-5-8-19(15-21,16-23)14-18-6-3-2-4-7-18/h2-4,6-7,9,11,23H,5,8,10,12-16H2,1H3. The summed E-state index contributed by atoms with van der Waals surface area (Å²) in [5.41, 5.74) is 1.33. The maximum absolute atomic E-state index is 10.1. The van der Waals surface area contributed by atoms with E-state index in [2.05, 4.69) is 44.8 Å². The van der Waals surface area contributed by atoms with Crippen molar-refractivity contribution < 1.29 is 5.11 Å². The molecule has 124 valence electrons. The second kappa shape index (κ2) is 7.28. The van der Waals surface area contributed by atoms with E-state index in [-0.39, 0.29) is 12.0 Å². The number of likely N-dealkylation sites (tertiary alicyclic amines) is 1. The third-order valence-corrected chi connectivity index (χ3v) is 5.08. The van der Waals surface area contributed by atoms with Crippen molar-refractivity contribution in [2.45, 2.75) is 32.7 Å². The first-order valence-electron chi connectivity index (χ1n) is 8.56. The molecule has 0 aliphatic carbocycles. The Hall–Kier alpha value is -1.65. The molecule has 1 aliphatic heterocycles. The van der Waals surface area contributed by atoms with Crippen molar-refractivity contribution >= 4 is 0 Å². The van der Waals surface area contributed by atoms with Gasteiger partial charge in [-0.1, -0.05) is 30.3 Å². The molecule has 2 aromatic rings. The smallest absolute Gasteiger partial charge is 0.105 e. The number of rotatable bonds is 6. The summed E-state index contributed by atoms with van der Waals surface area (Å²) < 4.78 is 2.20. The Balaban J connectivity index is 1.62. The molecule has 4 heteroatoms. The Morgan fingerprint density at radius 1 is 1.22 bits per heavy atom. The summed E-state index contributed by atoms with van der Waals surface area (Å²) in [6.07, 6.45) is 7.14. The van der Waals surface area contributed by atoms with Crippen LogP contribution in [0.1, 0.15) is 24.2 Å². The number of hydrogen-bond acceptors (Lipinski definition) is 3. The van der Waals surface area contributed by atoms with Gasteiger partial charge in [-0.15, -0.1) is 0 Å². The van der Waals surface area contributed by atoms with Gasteiger partial charge in [0.15, 0.2) is 0 Å². The SMILES string of the molecule is Cc1nccn1CCN1CCCC(CO)(Cc2ccccc2)C1. The molecule has 0 saturated carbocycles. The topological polar surface area (TPSA) is 41.3 Å². The fraction of sp³-hybridized carbons (Fsp3) is 0.526.